The summed E-state index contributed by atoms with van der Waals surface area (Å²) in [6.45, 7) is 5.97. The number of rotatable bonds is 3. The number of amides is 1. The van der Waals surface area contributed by atoms with E-state index < -0.39 is 0 Å². The van der Waals surface area contributed by atoms with Gasteiger partial charge in [-0.3, -0.25) is 9.89 Å². The second-order valence-corrected chi connectivity index (χ2v) is 3.19. The van der Waals surface area contributed by atoms with Crippen LogP contribution in [0.5, 0.6) is 0 Å². The van der Waals surface area contributed by atoms with E-state index in [0.29, 0.717) is 6.54 Å². The first-order valence-corrected chi connectivity index (χ1v) is 4.54. The Kier molecular flexibility index (Phi) is 3.45. The van der Waals surface area contributed by atoms with E-state index >= 15 is 0 Å². The van der Waals surface area contributed by atoms with Crippen molar-refractivity contribution in [1.82, 2.24) is 15.5 Å². The number of H-pyrrole nitrogens is 1. The topological polar surface area (TPSA) is 57.8 Å². The highest BCUT2D eigenvalue weighted by atomic mass is 16.1. The maximum absolute atomic E-state index is 10.6. The van der Waals surface area contributed by atoms with Gasteiger partial charge in [0, 0.05) is 24.7 Å². The molecule has 0 aromatic carbocycles. The molecule has 1 amide bonds. The van der Waals surface area contributed by atoms with Crippen molar-refractivity contribution in [3.05, 3.63) is 23.0 Å². The monoisotopic (exact) mass is 193 g/mol. The van der Waals surface area contributed by atoms with E-state index in [4.69, 9.17) is 0 Å². The second kappa shape index (κ2) is 4.60. The average molecular weight is 193 g/mol. The van der Waals surface area contributed by atoms with Crippen LogP contribution in [0.25, 0.3) is 6.08 Å². The summed E-state index contributed by atoms with van der Waals surface area (Å²) < 4.78 is 0. The minimum atomic E-state index is -0.0183. The van der Waals surface area contributed by atoms with Gasteiger partial charge in [0.05, 0.1) is 5.69 Å². The molecule has 1 aromatic rings. The van der Waals surface area contributed by atoms with Gasteiger partial charge in [0.2, 0.25) is 5.91 Å². The maximum atomic E-state index is 10.6. The highest BCUT2D eigenvalue weighted by molar-refractivity contribution is 5.73. The van der Waals surface area contributed by atoms with Crippen LogP contribution in [0.4, 0.5) is 0 Å². The van der Waals surface area contributed by atoms with Crippen LogP contribution < -0.4 is 5.32 Å². The Hall–Kier alpha value is -1.58. The molecule has 0 spiro atoms. The van der Waals surface area contributed by atoms with Crippen molar-refractivity contribution in [1.29, 1.82) is 0 Å². The number of hydrogen-bond acceptors (Lipinski definition) is 2. The fraction of sp³-hybridized carbons (Fsp3) is 0.400. The van der Waals surface area contributed by atoms with Gasteiger partial charge in [-0.25, -0.2) is 0 Å². The molecule has 4 nitrogen and oxygen atoms in total. The Morgan fingerprint density at radius 1 is 1.57 bits per heavy atom. The fourth-order valence-corrected chi connectivity index (χ4v) is 1.18. The van der Waals surface area contributed by atoms with Gasteiger partial charge in [0.15, 0.2) is 0 Å². The fourth-order valence-electron chi connectivity index (χ4n) is 1.18. The molecule has 1 rings (SSSR count). The predicted octanol–water partition coefficient (Wildman–Crippen LogP) is 1.18. The molecule has 76 valence electrons. The first-order chi connectivity index (χ1) is 6.61. The highest BCUT2D eigenvalue weighted by Gasteiger charge is 2.00. The number of nitrogens with one attached hydrogen (secondary N) is 2. The van der Waals surface area contributed by atoms with Crippen LogP contribution in [-0.2, 0) is 4.79 Å². The summed E-state index contributed by atoms with van der Waals surface area (Å²) in [6.07, 6.45) is 3.87. The molecule has 0 aliphatic heterocycles. The van der Waals surface area contributed by atoms with Crippen LogP contribution in [0.2, 0.25) is 0 Å². The minimum Gasteiger partial charge on any atom is -0.353 e. The Bertz CT molecular complexity index is 333. The molecule has 0 atom stereocenters. The van der Waals surface area contributed by atoms with Gasteiger partial charge in [-0.05, 0) is 13.8 Å². The first kappa shape index (κ1) is 10.5. The third kappa shape index (κ3) is 2.73. The number of hydrogen-bond donors (Lipinski definition) is 2. The van der Waals surface area contributed by atoms with Gasteiger partial charge in [-0.15, -0.1) is 0 Å². The molecule has 1 aromatic heterocycles. The molecule has 2 N–H and O–H groups in total. The Morgan fingerprint density at radius 3 is 2.79 bits per heavy atom. The quantitative estimate of drug-likeness (QED) is 0.757. The van der Waals surface area contributed by atoms with Crippen LogP contribution >= 0.6 is 0 Å². The summed E-state index contributed by atoms with van der Waals surface area (Å²) in [6, 6.07) is 0. The smallest absolute Gasteiger partial charge is 0.217 e. The van der Waals surface area contributed by atoms with E-state index in [-0.39, 0.29) is 5.91 Å². The second-order valence-electron chi connectivity index (χ2n) is 3.19. The highest BCUT2D eigenvalue weighted by Crippen LogP contribution is 2.10. The van der Waals surface area contributed by atoms with Crippen molar-refractivity contribution in [2.45, 2.75) is 20.8 Å². The summed E-state index contributed by atoms with van der Waals surface area (Å²) >= 11 is 0. The van der Waals surface area contributed by atoms with E-state index in [1.54, 1.807) is 0 Å². The van der Waals surface area contributed by atoms with Crippen LogP contribution in [0.1, 0.15) is 23.9 Å². The zero-order valence-corrected chi connectivity index (χ0v) is 8.72. The molecule has 14 heavy (non-hydrogen) atoms. The first-order valence-electron chi connectivity index (χ1n) is 4.54. The number of aromatic amines is 1. The van der Waals surface area contributed by atoms with Gasteiger partial charge >= 0.3 is 0 Å². The summed E-state index contributed by atoms with van der Waals surface area (Å²) in [7, 11) is 0. The van der Waals surface area contributed by atoms with Crippen LogP contribution in [-0.4, -0.2) is 22.6 Å². The zero-order valence-electron chi connectivity index (χ0n) is 8.72. The number of aromatic nitrogens is 2. The minimum absolute atomic E-state index is 0.0183. The molecule has 0 bridgehead atoms. The largest absolute Gasteiger partial charge is 0.353 e. The number of nitrogens with zero attached hydrogens (tertiary/aromatic N) is 1. The molecular weight excluding hydrogens is 178 g/mol. The van der Waals surface area contributed by atoms with Gasteiger partial charge in [-0.2, -0.15) is 5.10 Å². The van der Waals surface area contributed by atoms with E-state index in [1.165, 1.54) is 6.92 Å². The summed E-state index contributed by atoms with van der Waals surface area (Å²) in [5.41, 5.74) is 3.11. The van der Waals surface area contributed by atoms with Crippen molar-refractivity contribution in [3.8, 4) is 0 Å². The lowest BCUT2D eigenvalue weighted by molar-refractivity contribution is -0.118. The van der Waals surface area contributed by atoms with Gasteiger partial charge in [0.1, 0.15) is 0 Å². The Labute approximate surface area is 83.4 Å². The lowest BCUT2D eigenvalue weighted by Crippen LogP contribution is -2.19. The van der Waals surface area contributed by atoms with Gasteiger partial charge in [0.25, 0.3) is 0 Å². The third-order valence-electron chi connectivity index (χ3n) is 1.94. The Balaban J connectivity index is 2.55. The lowest BCUT2D eigenvalue weighted by Gasteiger charge is -1.95. The molecule has 0 radical (unpaired) electrons. The molecule has 0 unspecified atom stereocenters. The molecular formula is C10H15N3O. The van der Waals surface area contributed by atoms with Crippen molar-refractivity contribution >= 4 is 12.0 Å². The molecule has 0 aliphatic rings. The van der Waals surface area contributed by atoms with E-state index in [2.05, 4.69) is 15.5 Å². The molecule has 1 heterocycles. The zero-order chi connectivity index (χ0) is 10.6. The molecule has 0 saturated carbocycles. The molecule has 0 saturated heterocycles. The summed E-state index contributed by atoms with van der Waals surface area (Å²) in [4.78, 5) is 10.6. The number of aryl methyl sites for hydroxylation is 2. The van der Waals surface area contributed by atoms with Gasteiger partial charge in [-0.1, -0.05) is 12.2 Å². The Morgan fingerprint density at radius 2 is 2.29 bits per heavy atom. The van der Waals surface area contributed by atoms with Crippen LogP contribution in [0, 0.1) is 13.8 Å². The summed E-state index contributed by atoms with van der Waals surface area (Å²) in [5, 5.41) is 9.65. The van der Waals surface area contributed by atoms with Crippen molar-refractivity contribution in [3.63, 3.8) is 0 Å². The van der Waals surface area contributed by atoms with E-state index in [1.807, 2.05) is 26.0 Å². The molecule has 4 heteroatoms. The van der Waals surface area contributed by atoms with E-state index in [9.17, 15) is 4.79 Å². The maximum Gasteiger partial charge on any atom is 0.217 e. The average Bonchev–Trinajstić information content (AvgIpc) is 2.42. The molecule has 0 aliphatic carbocycles. The lowest BCUT2D eigenvalue weighted by atomic mass is 10.2. The van der Waals surface area contributed by atoms with Crippen molar-refractivity contribution in [2.75, 3.05) is 6.54 Å². The van der Waals surface area contributed by atoms with Crippen molar-refractivity contribution < 1.29 is 4.79 Å². The standard InChI is InChI=1S/C10H15N3O/c1-7-10(8(2)13-12-7)5-4-6-11-9(3)14/h4-5H,6H2,1-3H3,(H,11,14)(H,12,13). The number of carbonyl (C=O) groups is 1. The predicted molar refractivity (Wildman–Crippen MR) is 55.8 cm³/mol. The van der Waals surface area contributed by atoms with Gasteiger partial charge < -0.3 is 5.32 Å². The molecule has 0 fully saturated rings. The van der Waals surface area contributed by atoms with E-state index in [0.717, 1.165) is 17.0 Å². The normalized spacial score (nSPS) is 10.8. The van der Waals surface area contributed by atoms with Crippen molar-refractivity contribution in [2.24, 2.45) is 0 Å². The summed E-state index contributed by atoms with van der Waals surface area (Å²) in [5.74, 6) is -0.0183. The van der Waals surface area contributed by atoms with Crippen LogP contribution in [0.15, 0.2) is 6.08 Å². The third-order valence-corrected chi connectivity index (χ3v) is 1.94. The van der Waals surface area contributed by atoms with Crippen LogP contribution in [0.3, 0.4) is 0 Å². The SMILES string of the molecule is CC(=O)NCC=Cc1c(C)n[nH]c1C. The number of carbonyl (C=O) groups excluding carboxylic acids is 1.